The predicted molar refractivity (Wildman–Crippen MR) is 109 cm³/mol. The van der Waals surface area contributed by atoms with Crippen LogP contribution in [0.15, 0.2) is 66.4 Å². The van der Waals surface area contributed by atoms with Crippen LogP contribution >= 0.6 is 0 Å². The summed E-state index contributed by atoms with van der Waals surface area (Å²) < 4.78 is 19.7. The maximum atomic E-state index is 14.0. The van der Waals surface area contributed by atoms with Gasteiger partial charge in [-0.05, 0) is 35.9 Å². The summed E-state index contributed by atoms with van der Waals surface area (Å²) >= 11 is 0. The predicted octanol–water partition coefficient (Wildman–Crippen LogP) is 4.47. The second kappa shape index (κ2) is 7.75. The van der Waals surface area contributed by atoms with Crippen molar-refractivity contribution in [1.29, 1.82) is 0 Å². The molecule has 1 fully saturated rings. The van der Waals surface area contributed by atoms with Crippen LogP contribution in [0.3, 0.4) is 0 Å². The van der Waals surface area contributed by atoms with Gasteiger partial charge in [0, 0.05) is 11.1 Å². The molecule has 1 aliphatic heterocycles. The summed E-state index contributed by atoms with van der Waals surface area (Å²) in [5.41, 5.74) is 1.11. The monoisotopic (exact) mass is 390 g/mol. The van der Waals surface area contributed by atoms with Gasteiger partial charge in [0.05, 0.1) is 13.2 Å². The van der Waals surface area contributed by atoms with Crippen LogP contribution in [0.1, 0.15) is 18.1 Å². The van der Waals surface area contributed by atoms with Gasteiger partial charge in [0.1, 0.15) is 17.3 Å². The molecule has 1 heterocycles. The van der Waals surface area contributed by atoms with E-state index in [-0.39, 0.29) is 17.8 Å². The third-order valence-corrected chi connectivity index (χ3v) is 4.77. The lowest BCUT2D eigenvalue weighted by molar-refractivity contribution is -0.123. The van der Waals surface area contributed by atoms with Crippen LogP contribution in [0.25, 0.3) is 16.8 Å². The number of nitrogens with zero attached hydrogens (tertiary/aromatic N) is 1. The maximum absolute atomic E-state index is 14.0. The molecule has 4 rings (SSSR count). The van der Waals surface area contributed by atoms with Crippen LogP contribution in [-0.2, 0) is 11.3 Å². The Kier molecular flexibility index (Phi) is 4.99. The van der Waals surface area contributed by atoms with Crippen LogP contribution < -0.4 is 10.1 Å². The number of hydrogen-bond acceptors (Lipinski definition) is 3. The number of imide groups is 1. The highest BCUT2D eigenvalue weighted by molar-refractivity contribution is 6.14. The van der Waals surface area contributed by atoms with E-state index in [0.29, 0.717) is 17.9 Å². The largest absolute Gasteiger partial charge is 0.493 e. The highest BCUT2D eigenvalue weighted by Gasteiger charge is 2.34. The number of amides is 3. The second-order valence-corrected chi connectivity index (χ2v) is 6.60. The fourth-order valence-electron chi connectivity index (χ4n) is 3.36. The van der Waals surface area contributed by atoms with Gasteiger partial charge in [-0.1, -0.05) is 48.5 Å². The summed E-state index contributed by atoms with van der Waals surface area (Å²) in [6.45, 7) is 2.21. The first-order chi connectivity index (χ1) is 14.1. The van der Waals surface area contributed by atoms with E-state index in [2.05, 4.69) is 5.32 Å². The van der Waals surface area contributed by atoms with Gasteiger partial charge in [-0.15, -0.1) is 0 Å². The summed E-state index contributed by atoms with van der Waals surface area (Å²) in [6.07, 6.45) is 1.62. The van der Waals surface area contributed by atoms with Crippen LogP contribution in [-0.4, -0.2) is 23.4 Å². The molecule has 146 valence electrons. The van der Waals surface area contributed by atoms with Crippen molar-refractivity contribution in [2.24, 2.45) is 0 Å². The first kappa shape index (κ1) is 18.7. The molecule has 0 aliphatic carbocycles. The van der Waals surface area contributed by atoms with Gasteiger partial charge in [-0.3, -0.25) is 9.69 Å². The Hall–Kier alpha value is -3.67. The fraction of sp³-hybridized carbons (Fsp3) is 0.130. The third kappa shape index (κ3) is 3.57. The van der Waals surface area contributed by atoms with Gasteiger partial charge >= 0.3 is 6.03 Å². The van der Waals surface area contributed by atoms with Crippen LogP contribution in [0.2, 0.25) is 0 Å². The molecule has 5 nitrogen and oxygen atoms in total. The molecule has 0 spiro atoms. The van der Waals surface area contributed by atoms with Crippen LogP contribution in [0, 0.1) is 5.82 Å². The number of rotatable bonds is 5. The molecule has 29 heavy (non-hydrogen) atoms. The van der Waals surface area contributed by atoms with E-state index in [1.54, 1.807) is 24.3 Å². The summed E-state index contributed by atoms with van der Waals surface area (Å²) in [7, 11) is 0. The number of benzene rings is 3. The standard InChI is InChI=1S/C23H19FN2O3/c1-2-29-21-12-11-15-7-3-5-9-17(15)18(21)13-20-22(27)26(23(28)25-20)14-16-8-4-6-10-19(16)24/h3-13H,2,14H2,1H3,(H,25,28). The summed E-state index contributed by atoms with van der Waals surface area (Å²) in [4.78, 5) is 26.2. The highest BCUT2D eigenvalue weighted by Crippen LogP contribution is 2.31. The average Bonchev–Trinajstić information content (AvgIpc) is 2.99. The van der Waals surface area contributed by atoms with Crippen molar-refractivity contribution in [2.45, 2.75) is 13.5 Å². The minimum Gasteiger partial charge on any atom is -0.493 e. The summed E-state index contributed by atoms with van der Waals surface area (Å²) in [6, 6.07) is 17.0. The lowest BCUT2D eigenvalue weighted by atomic mass is 10.0. The van der Waals surface area contributed by atoms with Gasteiger partial charge in [-0.25, -0.2) is 9.18 Å². The van der Waals surface area contributed by atoms with Crippen molar-refractivity contribution >= 4 is 28.8 Å². The van der Waals surface area contributed by atoms with Gasteiger partial charge in [-0.2, -0.15) is 0 Å². The fourth-order valence-corrected chi connectivity index (χ4v) is 3.36. The molecule has 1 saturated heterocycles. The first-order valence-corrected chi connectivity index (χ1v) is 9.31. The number of carbonyl (C=O) groups is 2. The number of halogens is 1. The normalized spacial score (nSPS) is 15.2. The molecule has 3 aromatic rings. The maximum Gasteiger partial charge on any atom is 0.329 e. The Balaban J connectivity index is 1.72. The quantitative estimate of drug-likeness (QED) is 0.517. The highest BCUT2D eigenvalue weighted by atomic mass is 19.1. The minimum atomic E-state index is -0.581. The van der Waals surface area contributed by atoms with E-state index < -0.39 is 17.8 Å². The van der Waals surface area contributed by atoms with E-state index in [4.69, 9.17) is 4.74 Å². The second-order valence-electron chi connectivity index (χ2n) is 6.60. The SMILES string of the molecule is CCOc1ccc2ccccc2c1C=C1NC(=O)N(Cc2ccccc2F)C1=O. The number of urea groups is 1. The lowest BCUT2D eigenvalue weighted by Crippen LogP contribution is -2.30. The van der Waals surface area contributed by atoms with E-state index in [9.17, 15) is 14.0 Å². The summed E-state index contributed by atoms with van der Waals surface area (Å²) in [5, 5.41) is 4.49. The molecule has 3 amide bonds. The zero-order valence-corrected chi connectivity index (χ0v) is 15.8. The molecule has 0 atom stereocenters. The number of ether oxygens (including phenoxy) is 1. The Bertz CT molecular complexity index is 1140. The van der Waals surface area contributed by atoms with E-state index >= 15 is 0 Å². The zero-order valence-electron chi connectivity index (χ0n) is 15.8. The lowest BCUT2D eigenvalue weighted by Gasteiger charge is -2.12. The van der Waals surface area contributed by atoms with Crippen LogP contribution in [0.4, 0.5) is 9.18 Å². The minimum absolute atomic E-state index is 0.128. The zero-order chi connectivity index (χ0) is 20.4. The van der Waals surface area contributed by atoms with Gasteiger partial charge < -0.3 is 10.1 Å². The molecular weight excluding hydrogens is 371 g/mol. The smallest absolute Gasteiger partial charge is 0.329 e. The van der Waals surface area contributed by atoms with Crippen molar-refractivity contribution < 1.29 is 18.7 Å². The molecule has 0 bridgehead atoms. The van der Waals surface area contributed by atoms with Crippen molar-refractivity contribution in [3.63, 3.8) is 0 Å². The van der Waals surface area contributed by atoms with Crippen LogP contribution in [0.5, 0.6) is 5.75 Å². The molecule has 1 aliphatic rings. The van der Waals surface area contributed by atoms with Crippen molar-refractivity contribution in [3.8, 4) is 5.75 Å². The van der Waals surface area contributed by atoms with Crippen molar-refractivity contribution in [3.05, 3.63) is 83.3 Å². The topological polar surface area (TPSA) is 58.6 Å². The Morgan fingerprint density at radius 3 is 2.59 bits per heavy atom. The molecule has 0 unspecified atom stereocenters. The molecule has 0 radical (unpaired) electrons. The Morgan fingerprint density at radius 1 is 1.03 bits per heavy atom. The molecule has 0 aromatic heterocycles. The molecule has 3 aromatic carbocycles. The number of fused-ring (bicyclic) bond motifs is 1. The number of hydrogen-bond donors (Lipinski definition) is 1. The van der Waals surface area contributed by atoms with E-state index in [1.165, 1.54) is 6.07 Å². The van der Waals surface area contributed by atoms with Gasteiger partial charge in [0.2, 0.25) is 0 Å². The third-order valence-electron chi connectivity index (χ3n) is 4.77. The Morgan fingerprint density at radius 2 is 1.79 bits per heavy atom. The number of nitrogens with one attached hydrogen (secondary N) is 1. The van der Waals surface area contributed by atoms with E-state index in [1.807, 2.05) is 43.3 Å². The summed E-state index contributed by atoms with van der Waals surface area (Å²) in [5.74, 6) is -0.347. The van der Waals surface area contributed by atoms with Crippen molar-refractivity contribution in [1.82, 2.24) is 10.2 Å². The molecule has 6 heteroatoms. The molecule has 1 N–H and O–H groups in total. The average molecular weight is 390 g/mol. The van der Waals surface area contributed by atoms with Gasteiger partial charge in [0.25, 0.3) is 5.91 Å². The van der Waals surface area contributed by atoms with E-state index in [0.717, 1.165) is 15.7 Å². The number of carbonyl (C=O) groups excluding carboxylic acids is 2. The Labute approximate surface area is 167 Å². The molecular formula is C23H19FN2O3. The first-order valence-electron chi connectivity index (χ1n) is 9.31. The van der Waals surface area contributed by atoms with Crippen molar-refractivity contribution in [2.75, 3.05) is 6.61 Å². The van der Waals surface area contributed by atoms with Gasteiger partial charge in [0.15, 0.2) is 0 Å². The molecule has 0 saturated carbocycles.